The molecule has 0 amide bonds. The quantitative estimate of drug-likeness (QED) is 0.878. The molecule has 1 aromatic carbocycles. The van der Waals surface area contributed by atoms with Crippen molar-refractivity contribution >= 4 is 10.8 Å². The lowest BCUT2D eigenvalue weighted by molar-refractivity contribution is 0.225. The first-order chi connectivity index (χ1) is 10.3. The zero-order valence-corrected chi connectivity index (χ0v) is 13.2. The fraction of sp³-hybridized carbons (Fsp3) is 0.526. The Morgan fingerprint density at radius 3 is 2.62 bits per heavy atom. The van der Waals surface area contributed by atoms with Crippen LogP contribution < -0.4 is 5.32 Å². The Bertz CT molecular complexity index is 580. The molecule has 1 N–H and O–H groups in total. The van der Waals surface area contributed by atoms with Gasteiger partial charge in [-0.25, -0.2) is 0 Å². The van der Waals surface area contributed by atoms with Gasteiger partial charge in [0.1, 0.15) is 0 Å². The molecule has 1 aromatic heterocycles. The first kappa shape index (κ1) is 14.5. The van der Waals surface area contributed by atoms with E-state index in [4.69, 9.17) is 0 Å². The third-order valence-corrected chi connectivity index (χ3v) is 5.29. The highest BCUT2D eigenvalue weighted by Crippen LogP contribution is 2.39. The molecule has 0 spiro atoms. The first-order valence-electron chi connectivity index (χ1n) is 8.33. The van der Waals surface area contributed by atoms with Crippen molar-refractivity contribution in [3.05, 3.63) is 42.2 Å². The Morgan fingerprint density at radius 2 is 1.90 bits per heavy atom. The number of hydrogen-bond donors (Lipinski definition) is 1. The van der Waals surface area contributed by atoms with Crippen molar-refractivity contribution < 1.29 is 0 Å². The van der Waals surface area contributed by atoms with E-state index in [0.29, 0.717) is 6.04 Å². The fourth-order valence-corrected chi connectivity index (χ4v) is 3.96. The molecule has 1 saturated carbocycles. The number of aromatic nitrogens is 1. The maximum atomic E-state index is 4.47. The van der Waals surface area contributed by atoms with Crippen molar-refractivity contribution in [2.75, 3.05) is 7.05 Å². The van der Waals surface area contributed by atoms with E-state index in [1.165, 1.54) is 48.4 Å². The summed E-state index contributed by atoms with van der Waals surface area (Å²) in [5, 5.41) is 6.17. The summed E-state index contributed by atoms with van der Waals surface area (Å²) in [6.07, 6.45) is 10.8. The van der Waals surface area contributed by atoms with E-state index in [0.717, 1.165) is 11.8 Å². The molecule has 112 valence electrons. The van der Waals surface area contributed by atoms with E-state index >= 15 is 0 Å². The molecule has 21 heavy (non-hydrogen) atoms. The number of benzene rings is 1. The molecule has 0 aliphatic heterocycles. The molecule has 1 atom stereocenters. The van der Waals surface area contributed by atoms with E-state index in [2.05, 4.69) is 54.7 Å². The maximum Gasteiger partial charge on any atom is 0.0367 e. The van der Waals surface area contributed by atoms with Gasteiger partial charge in [-0.3, -0.25) is 4.98 Å². The maximum absolute atomic E-state index is 4.47. The molecule has 1 fully saturated rings. The van der Waals surface area contributed by atoms with Gasteiger partial charge in [0.15, 0.2) is 0 Å². The Balaban J connectivity index is 1.88. The minimum Gasteiger partial charge on any atom is -0.313 e. The van der Waals surface area contributed by atoms with Crippen LogP contribution in [0, 0.1) is 11.8 Å². The normalized spacial score (nSPS) is 24.1. The van der Waals surface area contributed by atoms with Crippen LogP contribution in [0.5, 0.6) is 0 Å². The number of hydrogen-bond acceptors (Lipinski definition) is 2. The molecule has 0 bridgehead atoms. The summed E-state index contributed by atoms with van der Waals surface area (Å²) in [6, 6.07) is 9.05. The Kier molecular flexibility index (Phi) is 4.54. The predicted molar refractivity (Wildman–Crippen MR) is 89.3 cm³/mol. The molecule has 1 heterocycles. The summed E-state index contributed by atoms with van der Waals surface area (Å²) in [5.41, 5.74) is 1.37. The van der Waals surface area contributed by atoms with Gasteiger partial charge in [0.05, 0.1) is 0 Å². The van der Waals surface area contributed by atoms with E-state index in [9.17, 15) is 0 Å². The summed E-state index contributed by atoms with van der Waals surface area (Å²) in [5.74, 6) is 1.69. The average Bonchev–Trinajstić information content (AvgIpc) is 2.56. The number of fused-ring (bicyclic) bond motifs is 1. The van der Waals surface area contributed by atoms with Gasteiger partial charge in [0.2, 0.25) is 0 Å². The Morgan fingerprint density at radius 1 is 1.14 bits per heavy atom. The van der Waals surface area contributed by atoms with Gasteiger partial charge in [-0.1, -0.05) is 50.5 Å². The lowest BCUT2D eigenvalue weighted by Crippen LogP contribution is -2.29. The molecule has 2 heteroatoms. The molecule has 2 nitrogen and oxygen atoms in total. The van der Waals surface area contributed by atoms with Crippen molar-refractivity contribution in [1.82, 2.24) is 10.3 Å². The van der Waals surface area contributed by atoms with Crippen LogP contribution in [-0.4, -0.2) is 12.0 Å². The highest BCUT2D eigenvalue weighted by Gasteiger charge is 2.28. The van der Waals surface area contributed by atoms with Crippen LogP contribution in [0.25, 0.3) is 10.8 Å². The highest BCUT2D eigenvalue weighted by molar-refractivity contribution is 5.85. The lowest BCUT2D eigenvalue weighted by atomic mass is 9.75. The average molecular weight is 282 g/mol. The van der Waals surface area contributed by atoms with Crippen LogP contribution in [0.4, 0.5) is 0 Å². The second kappa shape index (κ2) is 6.57. The minimum absolute atomic E-state index is 0.432. The first-order valence-corrected chi connectivity index (χ1v) is 8.33. The van der Waals surface area contributed by atoms with Crippen molar-refractivity contribution in [2.45, 2.75) is 45.1 Å². The Labute approximate surface area is 128 Å². The van der Waals surface area contributed by atoms with Gasteiger partial charge >= 0.3 is 0 Å². The zero-order valence-electron chi connectivity index (χ0n) is 13.2. The summed E-state index contributed by atoms with van der Waals surface area (Å²) >= 11 is 0. The molecule has 2 aromatic rings. The van der Waals surface area contributed by atoms with E-state index < -0.39 is 0 Å². The van der Waals surface area contributed by atoms with Gasteiger partial charge < -0.3 is 5.32 Å². The fourth-order valence-electron chi connectivity index (χ4n) is 3.96. The van der Waals surface area contributed by atoms with Gasteiger partial charge in [0, 0.05) is 23.8 Å². The predicted octanol–water partition coefficient (Wildman–Crippen LogP) is 4.71. The molecule has 1 aliphatic carbocycles. The summed E-state index contributed by atoms with van der Waals surface area (Å²) in [6.45, 7) is 2.33. The standard InChI is InChI=1S/C19H26N2/c1-3-14-8-10-15(11-9-14)19(20-2)18-13-21-12-16-6-4-5-7-17(16)18/h4-7,12-15,19-20H,3,8-11H2,1-2H3. The second-order valence-corrected chi connectivity index (χ2v) is 6.41. The second-order valence-electron chi connectivity index (χ2n) is 6.41. The molecule has 1 unspecified atom stereocenters. The molecular weight excluding hydrogens is 256 g/mol. The summed E-state index contributed by atoms with van der Waals surface area (Å²) in [7, 11) is 2.10. The monoisotopic (exact) mass is 282 g/mol. The molecule has 0 saturated heterocycles. The number of pyridine rings is 1. The minimum atomic E-state index is 0.432. The van der Waals surface area contributed by atoms with Crippen molar-refractivity contribution in [1.29, 1.82) is 0 Å². The number of nitrogens with zero attached hydrogens (tertiary/aromatic N) is 1. The number of rotatable bonds is 4. The van der Waals surface area contributed by atoms with E-state index in [1.807, 2.05) is 6.20 Å². The van der Waals surface area contributed by atoms with Crippen LogP contribution >= 0.6 is 0 Å². The van der Waals surface area contributed by atoms with E-state index in [-0.39, 0.29) is 0 Å². The van der Waals surface area contributed by atoms with Crippen molar-refractivity contribution in [3.63, 3.8) is 0 Å². The molecule has 1 aliphatic rings. The van der Waals surface area contributed by atoms with Gasteiger partial charge in [-0.15, -0.1) is 0 Å². The Hall–Kier alpha value is -1.41. The SMILES string of the molecule is CCC1CCC(C(NC)c2cncc3ccccc23)CC1. The van der Waals surface area contributed by atoms with Crippen LogP contribution in [0.2, 0.25) is 0 Å². The third kappa shape index (κ3) is 2.96. The third-order valence-electron chi connectivity index (χ3n) is 5.29. The van der Waals surface area contributed by atoms with Crippen LogP contribution in [0.15, 0.2) is 36.7 Å². The summed E-state index contributed by atoms with van der Waals surface area (Å²) < 4.78 is 0. The van der Waals surface area contributed by atoms with Crippen LogP contribution in [0.1, 0.15) is 50.6 Å². The topological polar surface area (TPSA) is 24.9 Å². The summed E-state index contributed by atoms with van der Waals surface area (Å²) in [4.78, 5) is 4.47. The van der Waals surface area contributed by atoms with Crippen LogP contribution in [0.3, 0.4) is 0 Å². The van der Waals surface area contributed by atoms with Gasteiger partial charge in [-0.05, 0) is 42.7 Å². The van der Waals surface area contributed by atoms with Crippen molar-refractivity contribution in [3.8, 4) is 0 Å². The molecule has 3 rings (SSSR count). The van der Waals surface area contributed by atoms with Crippen LogP contribution in [-0.2, 0) is 0 Å². The molecular formula is C19H26N2. The van der Waals surface area contributed by atoms with Gasteiger partial charge in [0.25, 0.3) is 0 Å². The zero-order chi connectivity index (χ0) is 14.7. The van der Waals surface area contributed by atoms with Gasteiger partial charge in [-0.2, -0.15) is 0 Å². The smallest absolute Gasteiger partial charge is 0.0367 e. The number of nitrogens with one attached hydrogen (secondary N) is 1. The lowest BCUT2D eigenvalue weighted by Gasteiger charge is -2.34. The largest absolute Gasteiger partial charge is 0.313 e. The van der Waals surface area contributed by atoms with E-state index in [1.54, 1.807) is 0 Å². The molecule has 0 radical (unpaired) electrons. The highest BCUT2D eigenvalue weighted by atomic mass is 14.9. The van der Waals surface area contributed by atoms with Crippen molar-refractivity contribution in [2.24, 2.45) is 11.8 Å².